The lowest BCUT2D eigenvalue weighted by atomic mass is 9.95. The van der Waals surface area contributed by atoms with Crippen molar-refractivity contribution in [1.82, 2.24) is 19.7 Å². The number of aromatic amines is 1. The lowest BCUT2D eigenvalue weighted by Crippen LogP contribution is -2.53. The summed E-state index contributed by atoms with van der Waals surface area (Å²) in [6.45, 7) is 5.19. The molecule has 0 atom stereocenters. The largest absolute Gasteiger partial charge is 0.357 e. The highest BCUT2D eigenvalue weighted by molar-refractivity contribution is 5.92. The van der Waals surface area contributed by atoms with Gasteiger partial charge in [0.2, 0.25) is 11.8 Å². The van der Waals surface area contributed by atoms with Gasteiger partial charge in [0.25, 0.3) is 5.91 Å². The van der Waals surface area contributed by atoms with Crippen molar-refractivity contribution in [3.63, 3.8) is 0 Å². The van der Waals surface area contributed by atoms with Crippen molar-refractivity contribution in [2.75, 3.05) is 39.3 Å². The molecule has 0 saturated carbocycles. The van der Waals surface area contributed by atoms with Crippen LogP contribution in [0, 0.1) is 5.92 Å². The van der Waals surface area contributed by atoms with Gasteiger partial charge in [-0.25, -0.2) is 0 Å². The van der Waals surface area contributed by atoms with Gasteiger partial charge < -0.3 is 19.7 Å². The molecule has 0 aliphatic carbocycles. The number of hydrogen-bond acceptors (Lipinski definition) is 3. The molecule has 3 heterocycles. The number of hydrogen-bond donors (Lipinski definition) is 1. The minimum Gasteiger partial charge on any atom is -0.357 e. The summed E-state index contributed by atoms with van der Waals surface area (Å²) in [4.78, 5) is 44.7. The van der Waals surface area contributed by atoms with Crippen LogP contribution in [0.25, 0.3) is 0 Å². The van der Waals surface area contributed by atoms with Crippen molar-refractivity contribution < 1.29 is 14.4 Å². The van der Waals surface area contributed by atoms with E-state index in [1.54, 1.807) is 35.1 Å². The third kappa shape index (κ3) is 3.44. The van der Waals surface area contributed by atoms with E-state index in [0.29, 0.717) is 45.0 Å². The van der Waals surface area contributed by atoms with Gasteiger partial charge in [0.1, 0.15) is 5.69 Å². The lowest BCUT2D eigenvalue weighted by Gasteiger charge is -2.38. The number of piperazine rings is 1. The van der Waals surface area contributed by atoms with E-state index in [9.17, 15) is 14.4 Å². The fourth-order valence-electron chi connectivity index (χ4n) is 3.46. The first-order chi connectivity index (χ1) is 11.6. The average molecular weight is 332 g/mol. The van der Waals surface area contributed by atoms with Crippen LogP contribution < -0.4 is 0 Å². The molecule has 2 fully saturated rings. The Morgan fingerprint density at radius 1 is 0.958 bits per heavy atom. The van der Waals surface area contributed by atoms with Crippen molar-refractivity contribution in [1.29, 1.82) is 0 Å². The molecule has 0 aromatic carbocycles. The van der Waals surface area contributed by atoms with Crippen molar-refractivity contribution >= 4 is 17.7 Å². The predicted octanol–water partition coefficient (Wildman–Crippen LogP) is 0.558. The smallest absolute Gasteiger partial charge is 0.270 e. The van der Waals surface area contributed by atoms with E-state index in [0.717, 1.165) is 12.8 Å². The number of nitrogens with zero attached hydrogens (tertiary/aromatic N) is 3. The molecular weight excluding hydrogens is 308 g/mol. The summed E-state index contributed by atoms with van der Waals surface area (Å²) in [5, 5.41) is 0. The minimum atomic E-state index is -0.0122. The fraction of sp³-hybridized carbons (Fsp3) is 0.588. The van der Waals surface area contributed by atoms with Crippen LogP contribution in [0.1, 0.15) is 30.3 Å². The summed E-state index contributed by atoms with van der Waals surface area (Å²) in [5.41, 5.74) is 0.589. The number of amides is 3. The molecule has 0 unspecified atom stereocenters. The number of likely N-dealkylation sites (tertiary alicyclic amines) is 1. The molecule has 7 nitrogen and oxygen atoms in total. The molecule has 1 aromatic heterocycles. The van der Waals surface area contributed by atoms with Crippen LogP contribution in [0.2, 0.25) is 0 Å². The van der Waals surface area contributed by atoms with Gasteiger partial charge in [-0.05, 0) is 25.0 Å². The average Bonchev–Trinajstić information content (AvgIpc) is 3.15. The lowest BCUT2D eigenvalue weighted by molar-refractivity contribution is -0.141. The molecule has 2 aliphatic heterocycles. The molecule has 130 valence electrons. The molecular formula is C17H24N4O3. The van der Waals surface area contributed by atoms with Crippen LogP contribution in [0.5, 0.6) is 0 Å². The zero-order chi connectivity index (χ0) is 17.1. The monoisotopic (exact) mass is 332 g/mol. The van der Waals surface area contributed by atoms with E-state index in [1.807, 2.05) is 4.90 Å². The minimum absolute atomic E-state index is 0.00580. The highest BCUT2D eigenvalue weighted by Crippen LogP contribution is 2.21. The molecule has 1 aromatic rings. The molecule has 2 aliphatic rings. The second kappa shape index (κ2) is 7.07. The van der Waals surface area contributed by atoms with Crippen LogP contribution in [0.15, 0.2) is 18.3 Å². The highest BCUT2D eigenvalue weighted by atomic mass is 16.2. The zero-order valence-corrected chi connectivity index (χ0v) is 14.0. The van der Waals surface area contributed by atoms with Gasteiger partial charge in [0.15, 0.2) is 0 Å². The Bertz CT molecular complexity index is 597. The number of nitrogens with one attached hydrogen (secondary N) is 1. The van der Waals surface area contributed by atoms with Gasteiger partial charge in [-0.3, -0.25) is 14.4 Å². The SMILES string of the molecule is CC(=O)N1CCC(C(=O)N2CCN(C(=O)c3ccc[nH]3)CC2)CC1. The van der Waals surface area contributed by atoms with E-state index >= 15 is 0 Å². The second-order valence-corrected chi connectivity index (χ2v) is 6.48. The second-order valence-electron chi connectivity index (χ2n) is 6.48. The summed E-state index contributed by atoms with van der Waals surface area (Å²) in [7, 11) is 0. The number of carbonyl (C=O) groups is 3. The molecule has 3 rings (SSSR count). The fourth-order valence-corrected chi connectivity index (χ4v) is 3.46. The number of aromatic nitrogens is 1. The number of carbonyl (C=O) groups excluding carboxylic acids is 3. The van der Waals surface area contributed by atoms with Crippen LogP contribution in [-0.2, 0) is 9.59 Å². The van der Waals surface area contributed by atoms with Gasteiger partial charge in [-0.1, -0.05) is 0 Å². The topological polar surface area (TPSA) is 76.7 Å². The number of rotatable bonds is 2. The summed E-state index contributed by atoms with van der Waals surface area (Å²) in [6.07, 6.45) is 3.21. The third-order valence-electron chi connectivity index (χ3n) is 5.00. The maximum absolute atomic E-state index is 12.6. The molecule has 0 radical (unpaired) electrons. The standard InChI is InChI=1S/C17H24N4O3/c1-13(22)19-7-4-14(5-8-19)16(23)20-9-11-21(12-10-20)17(24)15-3-2-6-18-15/h2-3,6,14,18H,4-5,7-12H2,1H3. The van der Waals surface area contributed by atoms with Gasteiger partial charge >= 0.3 is 0 Å². The summed E-state index contributed by atoms with van der Waals surface area (Å²) < 4.78 is 0. The Hall–Kier alpha value is -2.31. The van der Waals surface area contributed by atoms with Crippen molar-refractivity contribution in [2.45, 2.75) is 19.8 Å². The van der Waals surface area contributed by atoms with Gasteiger partial charge in [-0.15, -0.1) is 0 Å². The van der Waals surface area contributed by atoms with Crippen LogP contribution in [0.4, 0.5) is 0 Å². The van der Waals surface area contributed by atoms with E-state index in [4.69, 9.17) is 0 Å². The molecule has 3 amide bonds. The van der Waals surface area contributed by atoms with Crippen molar-refractivity contribution in [2.24, 2.45) is 5.92 Å². The summed E-state index contributed by atoms with van der Waals surface area (Å²) >= 11 is 0. The number of H-pyrrole nitrogens is 1. The molecule has 2 saturated heterocycles. The maximum Gasteiger partial charge on any atom is 0.270 e. The molecule has 0 bridgehead atoms. The Morgan fingerprint density at radius 3 is 2.12 bits per heavy atom. The summed E-state index contributed by atoms with van der Waals surface area (Å²) in [5.74, 6) is 0.246. The molecule has 24 heavy (non-hydrogen) atoms. The Balaban J connectivity index is 1.49. The van der Waals surface area contributed by atoms with Crippen LogP contribution in [0.3, 0.4) is 0 Å². The highest BCUT2D eigenvalue weighted by Gasteiger charge is 2.32. The summed E-state index contributed by atoms with van der Waals surface area (Å²) in [6, 6.07) is 3.57. The maximum atomic E-state index is 12.6. The van der Waals surface area contributed by atoms with Crippen molar-refractivity contribution in [3.8, 4) is 0 Å². The first-order valence-electron chi connectivity index (χ1n) is 8.53. The Kier molecular flexibility index (Phi) is 4.87. The first-order valence-corrected chi connectivity index (χ1v) is 8.53. The van der Waals surface area contributed by atoms with Gasteiger partial charge in [0, 0.05) is 58.3 Å². The molecule has 1 N–H and O–H groups in total. The van der Waals surface area contributed by atoms with E-state index < -0.39 is 0 Å². The van der Waals surface area contributed by atoms with E-state index in [2.05, 4.69) is 4.98 Å². The zero-order valence-electron chi connectivity index (χ0n) is 14.0. The Labute approximate surface area is 141 Å². The predicted molar refractivity (Wildman–Crippen MR) is 88.3 cm³/mol. The first kappa shape index (κ1) is 16.5. The molecule has 7 heteroatoms. The van der Waals surface area contributed by atoms with Crippen LogP contribution >= 0.6 is 0 Å². The quantitative estimate of drug-likeness (QED) is 0.860. The van der Waals surface area contributed by atoms with E-state index in [1.165, 1.54) is 0 Å². The Morgan fingerprint density at radius 2 is 1.58 bits per heavy atom. The van der Waals surface area contributed by atoms with Gasteiger partial charge in [0.05, 0.1) is 0 Å². The number of piperidine rings is 1. The molecule has 0 spiro atoms. The third-order valence-corrected chi connectivity index (χ3v) is 5.00. The van der Waals surface area contributed by atoms with E-state index in [-0.39, 0.29) is 23.6 Å². The van der Waals surface area contributed by atoms with Gasteiger partial charge in [-0.2, -0.15) is 0 Å². The van der Waals surface area contributed by atoms with Crippen LogP contribution in [-0.4, -0.2) is 76.7 Å². The van der Waals surface area contributed by atoms with Crippen molar-refractivity contribution in [3.05, 3.63) is 24.0 Å². The normalized spacial score (nSPS) is 19.5.